The maximum atomic E-state index is 12.5. The van der Waals surface area contributed by atoms with E-state index in [1.54, 1.807) is 11.3 Å². The molecular weight excluding hydrogens is 320 g/mol. The lowest BCUT2D eigenvalue weighted by Gasteiger charge is -2.25. The molecule has 6 nitrogen and oxygen atoms in total. The van der Waals surface area contributed by atoms with Gasteiger partial charge >= 0.3 is 0 Å². The minimum Gasteiger partial charge on any atom is -0.376 e. The maximum Gasteiger partial charge on any atom is 0.233 e. The fraction of sp³-hybridized carbons (Fsp3) is 0.500. The van der Waals surface area contributed by atoms with E-state index in [9.17, 15) is 4.79 Å². The third kappa shape index (κ3) is 4.31. The first-order valence-corrected chi connectivity index (χ1v) is 9.13. The molecule has 3 heterocycles. The Hall–Kier alpha value is -1.38. The Bertz CT molecular complexity index is 568. The topological polar surface area (TPSA) is 71.1 Å². The molecule has 118 valence electrons. The van der Waals surface area contributed by atoms with Gasteiger partial charge in [0.25, 0.3) is 0 Å². The van der Waals surface area contributed by atoms with Crippen molar-refractivity contribution in [3.05, 3.63) is 28.7 Å². The summed E-state index contributed by atoms with van der Waals surface area (Å²) in [5, 5.41) is 11.3. The second-order valence-corrected chi connectivity index (χ2v) is 6.86. The maximum absolute atomic E-state index is 12.5. The molecule has 1 aliphatic heterocycles. The van der Waals surface area contributed by atoms with E-state index in [-0.39, 0.29) is 12.0 Å². The Morgan fingerprint density at radius 3 is 3.23 bits per heavy atom. The van der Waals surface area contributed by atoms with Crippen molar-refractivity contribution in [1.82, 2.24) is 20.1 Å². The number of hydrogen-bond acceptors (Lipinski definition) is 6. The molecular formula is C14H18N4O2S2. The number of aromatic nitrogens is 3. The van der Waals surface area contributed by atoms with Gasteiger partial charge < -0.3 is 9.64 Å². The Morgan fingerprint density at radius 1 is 1.59 bits per heavy atom. The number of rotatable bonds is 7. The quantitative estimate of drug-likeness (QED) is 0.784. The van der Waals surface area contributed by atoms with Crippen LogP contribution < -0.4 is 0 Å². The molecule has 0 aliphatic carbocycles. The minimum atomic E-state index is 0.100. The molecule has 1 fully saturated rings. The molecule has 1 aliphatic rings. The highest BCUT2D eigenvalue weighted by Gasteiger charge is 2.23. The van der Waals surface area contributed by atoms with Gasteiger partial charge in [0.05, 0.1) is 11.9 Å². The third-order valence-electron chi connectivity index (χ3n) is 3.48. The lowest BCUT2D eigenvalue weighted by atomic mass is 10.2. The number of hydrogen-bond donors (Lipinski definition) is 1. The van der Waals surface area contributed by atoms with Gasteiger partial charge in [0.1, 0.15) is 6.33 Å². The van der Waals surface area contributed by atoms with Crippen LogP contribution in [0.3, 0.4) is 0 Å². The van der Waals surface area contributed by atoms with Gasteiger partial charge in [-0.25, -0.2) is 4.98 Å². The van der Waals surface area contributed by atoms with Crippen LogP contribution in [0.15, 0.2) is 28.3 Å². The number of thiophene rings is 1. The molecule has 1 unspecified atom stereocenters. The summed E-state index contributed by atoms with van der Waals surface area (Å²) in [6, 6.07) is 2.06. The zero-order valence-electron chi connectivity index (χ0n) is 12.1. The molecule has 1 atom stereocenters. The van der Waals surface area contributed by atoms with Crippen molar-refractivity contribution >= 4 is 29.0 Å². The molecule has 3 rings (SSSR count). The average Bonchev–Trinajstić information content (AvgIpc) is 3.27. The summed E-state index contributed by atoms with van der Waals surface area (Å²) in [4.78, 5) is 18.5. The molecule has 1 N–H and O–H groups in total. The molecule has 1 amide bonds. The van der Waals surface area contributed by atoms with E-state index in [0.29, 0.717) is 24.0 Å². The van der Waals surface area contributed by atoms with E-state index in [2.05, 4.69) is 26.6 Å². The van der Waals surface area contributed by atoms with E-state index >= 15 is 0 Å². The van der Waals surface area contributed by atoms with Crippen LogP contribution >= 0.6 is 23.1 Å². The molecule has 8 heteroatoms. The summed E-state index contributed by atoms with van der Waals surface area (Å²) in [5.41, 5.74) is 1.17. The van der Waals surface area contributed by atoms with Crippen LogP contribution in [0.5, 0.6) is 0 Å². The third-order valence-corrected chi connectivity index (χ3v) is 5.07. The number of nitrogens with one attached hydrogen (secondary N) is 1. The molecule has 0 aromatic carbocycles. The number of aromatic amines is 1. The lowest BCUT2D eigenvalue weighted by Crippen LogP contribution is -2.37. The van der Waals surface area contributed by atoms with Crippen molar-refractivity contribution in [2.45, 2.75) is 30.6 Å². The monoisotopic (exact) mass is 338 g/mol. The fourth-order valence-electron chi connectivity index (χ4n) is 2.38. The number of carbonyl (C=O) groups excluding carboxylic acids is 1. The van der Waals surface area contributed by atoms with Crippen molar-refractivity contribution in [2.24, 2.45) is 0 Å². The van der Waals surface area contributed by atoms with E-state index in [4.69, 9.17) is 4.74 Å². The first kappa shape index (κ1) is 15.5. The predicted octanol–water partition coefficient (Wildman–Crippen LogP) is 2.17. The number of carbonyl (C=O) groups is 1. The van der Waals surface area contributed by atoms with Gasteiger partial charge in [-0.15, -0.1) is 0 Å². The highest BCUT2D eigenvalue weighted by molar-refractivity contribution is 7.99. The van der Waals surface area contributed by atoms with Gasteiger partial charge in [0.2, 0.25) is 5.91 Å². The summed E-state index contributed by atoms with van der Waals surface area (Å²) in [7, 11) is 0. The highest BCUT2D eigenvalue weighted by Crippen LogP contribution is 2.18. The Balaban J connectivity index is 1.59. The van der Waals surface area contributed by atoms with Gasteiger partial charge in [-0.05, 0) is 35.2 Å². The number of H-pyrrole nitrogens is 1. The van der Waals surface area contributed by atoms with Crippen LogP contribution in [-0.4, -0.2) is 51.0 Å². The molecule has 0 radical (unpaired) electrons. The molecule has 0 saturated carbocycles. The zero-order chi connectivity index (χ0) is 15.2. The minimum absolute atomic E-state index is 0.100. The first-order chi connectivity index (χ1) is 10.8. The number of amides is 1. The SMILES string of the molecule is O=C(CSc1ncn[nH]1)N(Cc1ccsc1)CC1CCCO1. The van der Waals surface area contributed by atoms with Crippen molar-refractivity contribution in [1.29, 1.82) is 0 Å². The molecule has 2 aromatic rings. The molecule has 0 bridgehead atoms. The van der Waals surface area contributed by atoms with Crippen LogP contribution in [0.4, 0.5) is 0 Å². The van der Waals surface area contributed by atoms with Crippen LogP contribution in [0, 0.1) is 0 Å². The molecule has 2 aromatic heterocycles. The van der Waals surface area contributed by atoms with E-state index in [1.807, 2.05) is 10.3 Å². The van der Waals surface area contributed by atoms with Crippen molar-refractivity contribution in [2.75, 3.05) is 18.9 Å². The molecule has 1 saturated heterocycles. The second kappa shape index (κ2) is 7.75. The zero-order valence-corrected chi connectivity index (χ0v) is 13.7. The summed E-state index contributed by atoms with van der Waals surface area (Å²) in [5.74, 6) is 0.453. The number of thioether (sulfide) groups is 1. The predicted molar refractivity (Wildman–Crippen MR) is 85.8 cm³/mol. The van der Waals surface area contributed by atoms with Crippen LogP contribution in [0.1, 0.15) is 18.4 Å². The normalized spacial score (nSPS) is 17.7. The lowest BCUT2D eigenvalue weighted by molar-refractivity contribution is -0.130. The summed E-state index contributed by atoms with van der Waals surface area (Å²) >= 11 is 3.03. The summed E-state index contributed by atoms with van der Waals surface area (Å²) in [6.07, 6.45) is 3.72. The smallest absolute Gasteiger partial charge is 0.233 e. The average molecular weight is 338 g/mol. The first-order valence-electron chi connectivity index (χ1n) is 7.20. The van der Waals surface area contributed by atoms with Crippen LogP contribution in [0.2, 0.25) is 0 Å². The Kier molecular flexibility index (Phi) is 5.47. The fourth-order valence-corrected chi connectivity index (χ4v) is 3.72. The molecule has 22 heavy (non-hydrogen) atoms. The summed E-state index contributed by atoms with van der Waals surface area (Å²) in [6.45, 7) is 2.10. The van der Waals surface area contributed by atoms with Gasteiger partial charge in [-0.3, -0.25) is 9.89 Å². The Morgan fingerprint density at radius 2 is 2.55 bits per heavy atom. The summed E-state index contributed by atoms with van der Waals surface area (Å²) < 4.78 is 5.68. The van der Waals surface area contributed by atoms with Crippen molar-refractivity contribution < 1.29 is 9.53 Å². The Labute approximate surface area is 137 Å². The van der Waals surface area contributed by atoms with Crippen molar-refractivity contribution in [3.8, 4) is 0 Å². The van der Waals surface area contributed by atoms with Gasteiger partial charge in [0.15, 0.2) is 5.16 Å². The number of ether oxygens (including phenoxy) is 1. The van der Waals surface area contributed by atoms with E-state index in [1.165, 1.54) is 23.7 Å². The van der Waals surface area contributed by atoms with Gasteiger partial charge in [-0.2, -0.15) is 16.4 Å². The number of nitrogens with zero attached hydrogens (tertiary/aromatic N) is 3. The standard InChI is InChI=1S/C14H18N4O2S2/c19-13(9-22-14-15-10-16-17-14)18(6-11-3-5-21-8-11)7-12-2-1-4-20-12/h3,5,8,10,12H,1-2,4,6-7,9H2,(H,15,16,17). The van der Waals surface area contributed by atoms with E-state index in [0.717, 1.165) is 19.4 Å². The van der Waals surface area contributed by atoms with Crippen molar-refractivity contribution in [3.63, 3.8) is 0 Å². The van der Waals surface area contributed by atoms with E-state index < -0.39 is 0 Å². The van der Waals surface area contributed by atoms with Gasteiger partial charge in [0, 0.05) is 19.7 Å². The highest BCUT2D eigenvalue weighted by atomic mass is 32.2. The second-order valence-electron chi connectivity index (χ2n) is 5.12. The molecule has 0 spiro atoms. The van der Waals surface area contributed by atoms with Crippen LogP contribution in [0.25, 0.3) is 0 Å². The largest absolute Gasteiger partial charge is 0.376 e. The van der Waals surface area contributed by atoms with Gasteiger partial charge in [-0.1, -0.05) is 11.8 Å². The van der Waals surface area contributed by atoms with Crippen LogP contribution in [-0.2, 0) is 16.1 Å².